The van der Waals surface area contributed by atoms with Gasteiger partial charge in [0.05, 0.1) is 5.69 Å². The highest BCUT2D eigenvalue weighted by Crippen LogP contribution is 2.25. The number of halogens is 2. The molecule has 0 unspecified atom stereocenters. The average molecular weight is 343 g/mol. The van der Waals surface area contributed by atoms with Gasteiger partial charge in [0.15, 0.2) is 0 Å². The minimum Gasteiger partial charge on any atom is -0.355 e. The fourth-order valence-corrected chi connectivity index (χ4v) is 3.04. The van der Waals surface area contributed by atoms with E-state index in [1.54, 1.807) is 0 Å². The molecule has 0 N–H and O–H groups in total. The number of alkyl halides is 1. The molecule has 3 nitrogen and oxygen atoms in total. The van der Waals surface area contributed by atoms with Gasteiger partial charge >= 0.3 is 0 Å². The summed E-state index contributed by atoms with van der Waals surface area (Å²) in [5.41, 5.74) is 3.53. The summed E-state index contributed by atoms with van der Waals surface area (Å²) in [6, 6.07) is 7.95. The second kappa shape index (κ2) is 5.97. The first kappa shape index (κ1) is 14.4. The van der Waals surface area contributed by atoms with Crippen LogP contribution in [0.3, 0.4) is 0 Å². The van der Waals surface area contributed by atoms with Crippen LogP contribution in [0, 0.1) is 6.92 Å². The monoisotopic (exact) mass is 341 g/mol. The summed E-state index contributed by atoms with van der Waals surface area (Å²) >= 11 is 9.45. The highest BCUT2D eigenvalue weighted by atomic mass is 79.9. The maximum absolute atomic E-state index is 5.91. The standard InChI is InChI=1S/C14H17BrClN3/c1-10-13(8-15)14(19(3)17-10)18(2)9-11-4-6-12(16)7-5-11/h4-7H,8-9H2,1-3H3. The SMILES string of the molecule is Cc1nn(C)c(N(C)Cc2ccc(Cl)cc2)c1CBr. The molecular formula is C14H17BrClN3. The number of nitrogens with zero attached hydrogens (tertiary/aromatic N) is 3. The van der Waals surface area contributed by atoms with Crippen molar-refractivity contribution in [3.05, 3.63) is 46.1 Å². The first-order valence-electron chi connectivity index (χ1n) is 6.07. The van der Waals surface area contributed by atoms with E-state index in [1.165, 1.54) is 11.1 Å². The summed E-state index contributed by atoms with van der Waals surface area (Å²) in [7, 11) is 4.06. The molecule has 0 amide bonds. The smallest absolute Gasteiger partial charge is 0.130 e. The molecule has 2 rings (SSSR count). The summed E-state index contributed by atoms with van der Waals surface area (Å²) in [5.74, 6) is 1.14. The van der Waals surface area contributed by atoms with Crippen LogP contribution in [0.1, 0.15) is 16.8 Å². The van der Waals surface area contributed by atoms with Crippen LogP contribution in [0.5, 0.6) is 0 Å². The van der Waals surface area contributed by atoms with Gasteiger partial charge in [-0.1, -0.05) is 39.7 Å². The van der Waals surface area contributed by atoms with E-state index in [-0.39, 0.29) is 0 Å². The predicted molar refractivity (Wildman–Crippen MR) is 84.1 cm³/mol. The van der Waals surface area contributed by atoms with E-state index >= 15 is 0 Å². The van der Waals surface area contributed by atoms with Crippen LogP contribution in [0.4, 0.5) is 5.82 Å². The third kappa shape index (κ3) is 3.12. The molecule has 0 aliphatic carbocycles. The second-order valence-electron chi connectivity index (χ2n) is 4.63. The maximum atomic E-state index is 5.91. The largest absolute Gasteiger partial charge is 0.355 e. The molecule has 1 aromatic carbocycles. The Kier molecular flexibility index (Phi) is 4.53. The highest BCUT2D eigenvalue weighted by Gasteiger charge is 2.15. The van der Waals surface area contributed by atoms with Gasteiger partial charge in [-0.3, -0.25) is 4.68 Å². The third-order valence-corrected chi connectivity index (χ3v) is 3.95. The molecule has 0 saturated heterocycles. The zero-order valence-corrected chi connectivity index (χ0v) is 13.7. The zero-order chi connectivity index (χ0) is 14.0. The Balaban J connectivity index is 2.24. The minimum atomic E-state index is 0.768. The number of aryl methyl sites for hydroxylation is 2. The number of hydrogen-bond donors (Lipinski definition) is 0. The van der Waals surface area contributed by atoms with Crippen LogP contribution in [-0.4, -0.2) is 16.8 Å². The number of benzene rings is 1. The van der Waals surface area contributed by atoms with Crippen molar-refractivity contribution >= 4 is 33.3 Å². The lowest BCUT2D eigenvalue weighted by Gasteiger charge is -2.21. The molecule has 0 radical (unpaired) electrons. The number of hydrogen-bond acceptors (Lipinski definition) is 2. The lowest BCUT2D eigenvalue weighted by atomic mass is 10.2. The van der Waals surface area contributed by atoms with Crippen LogP contribution >= 0.6 is 27.5 Å². The lowest BCUT2D eigenvalue weighted by Crippen LogP contribution is -2.20. The van der Waals surface area contributed by atoms with Gasteiger partial charge < -0.3 is 4.90 Å². The van der Waals surface area contributed by atoms with E-state index < -0.39 is 0 Å². The van der Waals surface area contributed by atoms with Gasteiger partial charge in [-0.25, -0.2) is 0 Å². The third-order valence-electron chi connectivity index (χ3n) is 3.14. The van der Waals surface area contributed by atoms with Gasteiger partial charge in [-0.05, 0) is 24.6 Å². The van der Waals surface area contributed by atoms with Crippen molar-refractivity contribution in [1.29, 1.82) is 0 Å². The van der Waals surface area contributed by atoms with Crippen LogP contribution < -0.4 is 4.90 Å². The predicted octanol–water partition coefficient (Wildman–Crippen LogP) is 3.91. The van der Waals surface area contributed by atoms with Crippen LogP contribution in [0.25, 0.3) is 0 Å². The van der Waals surface area contributed by atoms with Gasteiger partial charge in [0.1, 0.15) is 5.82 Å². The van der Waals surface area contributed by atoms with E-state index in [0.717, 1.165) is 28.4 Å². The van der Waals surface area contributed by atoms with E-state index in [1.807, 2.05) is 30.8 Å². The summed E-state index contributed by atoms with van der Waals surface area (Å²) < 4.78 is 1.93. The van der Waals surface area contributed by atoms with Crippen molar-refractivity contribution in [3.8, 4) is 0 Å². The number of rotatable bonds is 4. The van der Waals surface area contributed by atoms with Crippen molar-refractivity contribution in [3.63, 3.8) is 0 Å². The topological polar surface area (TPSA) is 21.1 Å². The first-order valence-corrected chi connectivity index (χ1v) is 7.57. The molecule has 0 bridgehead atoms. The fraction of sp³-hybridized carbons (Fsp3) is 0.357. The first-order chi connectivity index (χ1) is 9.02. The molecule has 0 spiro atoms. The fourth-order valence-electron chi connectivity index (χ4n) is 2.26. The van der Waals surface area contributed by atoms with E-state index in [0.29, 0.717) is 0 Å². The van der Waals surface area contributed by atoms with Crippen LogP contribution in [0.2, 0.25) is 5.02 Å². The van der Waals surface area contributed by atoms with Crippen molar-refractivity contribution in [2.45, 2.75) is 18.8 Å². The van der Waals surface area contributed by atoms with Gasteiger partial charge in [-0.2, -0.15) is 5.10 Å². The van der Waals surface area contributed by atoms with E-state index in [4.69, 9.17) is 11.6 Å². The Morgan fingerprint density at radius 1 is 1.32 bits per heavy atom. The maximum Gasteiger partial charge on any atom is 0.130 e. The van der Waals surface area contributed by atoms with Gasteiger partial charge in [0.25, 0.3) is 0 Å². The Labute approximate surface area is 127 Å². The Morgan fingerprint density at radius 2 is 1.95 bits per heavy atom. The minimum absolute atomic E-state index is 0.768. The zero-order valence-electron chi connectivity index (χ0n) is 11.3. The van der Waals surface area contributed by atoms with Crippen molar-refractivity contribution in [2.75, 3.05) is 11.9 Å². The molecule has 1 aromatic heterocycles. The lowest BCUT2D eigenvalue weighted by molar-refractivity contribution is 0.726. The molecule has 5 heteroatoms. The molecule has 102 valence electrons. The molecule has 0 atom stereocenters. The summed E-state index contributed by atoms with van der Waals surface area (Å²) in [5, 5.41) is 6.06. The molecule has 0 aliphatic rings. The quantitative estimate of drug-likeness (QED) is 0.785. The van der Waals surface area contributed by atoms with Gasteiger partial charge in [-0.15, -0.1) is 0 Å². The normalized spacial score (nSPS) is 10.8. The molecule has 2 aromatic rings. The molecule has 0 saturated carbocycles. The van der Waals surface area contributed by atoms with Crippen LogP contribution in [-0.2, 0) is 18.9 Å². The molecule has 0 fully saturated rings. The van der Waals surface area contributed by atoms with E-state index in [9.17, 15) is 0 Å². The van der Waals surface area contributed by atoms with E-state index in [2.05, 4.69) is 45.1 Å². The van der Waals surface area contributed by atoms with Crippen LogP contribution in [0.15, 0.2) is 24.3 Å². The Hall–Kier alpha value is -1.000. The molecule has 0 aliphatic heterocycles. The second-order valence-corrected chi connectivity index (χ2v) is 5.62. The molecular weight excluding hydrogens is 326 g/mol. The highest BCUT2D eigenvalue weighted by molar-refractivity contribution is 9.08. The number of aromatic nitrogens is 2. The Bertz CT molecular complexity index is 563. The molecule has 19 heavy (non-hydrogen) atoms. The summed E-state index contributed by atoms with van der Waals surface area (Å²) in [6.07, 6.45) is 0. The summed E-state index contributed by atoms with van der Waals surface area (Å²) in [6.45, 7) is 2.87. The summed E-state index contributed by atoms with van der Waals surface area (Å²) in [4.78, 5) is 2.21. The van der Waals surface area contributed by atoms with Crippen molar-refractivity contribution in [2.24, 2.45) is 7.05 Å². The number of anilines is 1. The van der Waals surface area contributed by atoms with Crippen molar-refractivity contribution in [1.82, 2.24) is 9.78 Å². The Morgan fingerprint density at radius 3 is 2.53 bits per heavy atom. The van der Waals surface area contributed by atoms with Crippen molar-refractivity contribution < 1.29 is 0 Å². The van der Waals surface area contributed by atoms with Gasteiger partial charge in [0.2, 0.25) is 0 Å². The molecule has 1 heterocycles. The van der Waals surface area contributed by atoms with Gasteiger partial charge in [0, 0.05) is 36.6 Å². The average Bonchev–Trinajstić information content (AvgIpc) is 2.66.